The maximum atomic E-state index is 14.0. The Bertz CT molecular complexity index is 610. The van der Waals surface area contributed by atoms with Gasteiger partial charge in [-0.2, -0.15) is 0 Å². The van der Waals surface area contributed by atoms with E-state index >= 15 is 0 Å². The van der Waals surface area contributed by atoms with Crippen molar-refractivity contribution in [2.45, 2.75) is 5.38 Å². The van der Waals surface area contributed by atoms with Gasteiger partial charge in [-0.25, -0.2) is 4.39 Å². The van der Waals surface area contributed by atoms with E-state index in [4.69, 9.17) is 46.4 Å². The molecule has 1 atom stereocenters. The van der Waals surface area contributed by atoms with Crippen LogP contribution in [0.5, 0.6) is 0 Å². The molecule has 0 fully saturated rings. The Morgan fingerprint density at radius 1 is 1.00 bits per heavy atom. The summed E-state index contributed by atoms with van der Waals surface area (Å²) in [7, 11) is 0. The van der Waals surface area contributed by atoms with E-state index in [-0.39, 0.29) is 5.56 Å². The van der Waals surface area contributed by atoms with Crippen LogP contribution < -0.4 is 0 Å². The van der Waals surface area contributed by atoms with Gasteiger partial charge in [0.15, 0.2) is 0 Å². The van der Waals surface area contributed by atoms with E-state index < -0.39 is 11.2 Å². The lowest BCUT2D eigenvalue weighted by atomic mass is 10.0. The molecule has 0 aliphatic rings. The summed E-state index contributed by atoms with van der Waals surface area (Å²) in [5.41, 5.74) is 0.689. The van der Waals surface area contributed by atoms with Gasteiger partial charge in [0, 0.05) is 25.6 Å². The first-order valence-electron chi connectivity index (χ1n) is 5.14. The zero-order valence-corrected chi connectivity index (χ0v) is 13.8. The molecular formula is C13H6BrCl4F. The van der Waals surface area contributed by atoms with Crippen molar-refractivity contribution in [1.29, 1.82) is 0 Å². The van der Waals surface area contributed by atoms with Crippen molar-refractivity contribution in [3.05, 3.63) is 66.8 Å². The van der Waals surface area contributed by atoms with Crippen molar-refractivity contribution in [2.75, 3.05) is 0 Å². The third-order valence-electron chi connectivity index (χ3n) is 2.57. The van der Waals surface area contributed by atoms with Gasteiger partial charge in [0.1, 0.15) is 5.82 Å². The van der Waals surface area contributed by atoms with Crippen molar-refractivity contribution >= 4 is 62.3 Å². The lowest BCUT2D eigenvalue weighted by Crippen LogP contribution is -1.99. The molecule has 2 aromatic carbocycles. The second-order valence-corrected chi connectivity index (χ2v) is 6.30. The van der Waals surface area contributed by atoms with Gasteiger partial charge in [-0.1, -0.05) is 40.9 Å². The first kappa shape index (κ1) is 15.4. The highest BCUT2D eigenvalue weighted by Crippen LogP contribution is 2.40. The van der Waals surface area contributed by atoms with Gasteiger partial charge in [-0.15, -0.1) is 11.6 Å². The van der Waals surface area contributed by atoms with Gasteiger partial charge in [-0.3, -0.25) is 0 Å². The van der Waals surface area contributed by atoms with E-state index in [1.54, 1.807) is 18.2 Å². The molecule has 0 aliphatic carbocycles. The van der Waals surface area contributed by atoms with Gasteiger partial charge in [0.2, 0.25) is 0 Å². The monoisotopic (exact) mass is 400 g/mol. The first-order valence-corrected chi connectivity index (χ1v) is 7.50. The maximum absolute atomic E-state index is 14.0. The van der Waals surface area contributed by atoms with Gasteiger partial charge in [0.25, 0.3) is 0 Å². The van der Waals surface area contributed by atoms with Crippen molar-refractivity contribution in [3.8, 4) is 0 Å². The fourth-order valence-electron chi connectivity index (χ4n) is 1.64. The van der Waals surface area contributed by atoms with Crippen molar-refractivity contribution in [1.82, 2.24) is 0 Å². The first-order chi connectivity index (χ1) is 8.91. The van der Waals surface area contributed by atoms with Crippen LogP contribution in [0.3, 0.4) is 0 Å². The van der Waals surface area contributed by atoms with Crippen LogP contribution in [0.15, 0.2) is 34.8 Å². The van der Waals surface area contributed by atoms with Gasteiger partial charge in [-0.05, 0) is 40.2 Å². The van der Waals surface area contributed by atoms with E-state index in [0.29, 0.717) is 25.1 Å². The van der Waals surface area contributed by atoms with E-state index in [1.165, 1.54) is 12.1 Å². The molecule has 0 heterocycles. The van der Waals surface area contributed by atoms with Crippen LogP contribution in [0.2, 0.25) is 15.1 Å². The molecule has 0 saturated heterocycles. The van der Waals surface area contributed by atoms with E-state index in [0.717, 1.165) is 0 Å². The minimum atomic E-state index is -0.813. The number of hydrogen-bond acceptors (Lipinski definition) is 0. The number of benzene rings is 2. The van der Waals surface area contributed by atoms with Crippen molar-refractivity contribution in [3.63, 3.8) is 0 Å². The number of alkyl halides is 1. The summed E-state index contributed by atoms with van der Waals surface area (Å²) < 4.78 is 14.4. The average Bonchev–Trinajstić information content (AvgIpc) is 2.33. The normalized spacial score (nSPS) is 12.5. The molecular weight excluding hydrogens is 397 g/mol. The molecule has 0 amide bonds. The lowest BCUT2D eigenvalue weighted by molar-refractivity contribution is 0.611. The highest BCUT2D eigenvalue weighted by molar-refractivity contribution is 9.10. The van der Waals surface area contributed by atoms with Crippen molar-refractivity contribution < 1.29 is 4.39 Å². The smallest absolute Gasteiger partial charge is 0.129 e. The second-order valence-electron chi connectivity index (χ2n) is 3.79. The largest absolute Gasteiger partial charge is 0.207 e. The van der Waals surface area contributed by atoms with Crippen LogP contribution in [0, 0.1) is 5.82 Å². The topological polar surface area (TPSA) is 0 Å². The Labute approximate surface area is 138 Å². The highest BCUT2D eigenvalue weighted by Gasteiger charge is 2.21. The van der Waals surface area contributed by atoms with E-state index in [2.05, 4.69) is 15.9 Å². The Kier molecular flexibility index (Phi) is 5.02. The molecule has 100 valence electrons. The summed E-state index contributed by atoms with van der Waals surface area (Å²) in [5, 5.41) is 0.314. The van der Waals surface area contributed by atoms with Crippen LogP contribution in [0.1, 0.15) is 16.5 Å². The molecule has 0 nitrogen and oxygen atoms in total. The summed E-state index contributed by atoms with van der Waals surface area (Å²) in [6.45, 7) is 0. The minimum Gasteiger partial charge on any atom is -0.207 e. The van der Waals surface area contributed by atoms with E-state index in [1.807, 2.05) is 0 Å². The maximum Gasteiger partial charge on any atom is 0.129 e. The molecule has 0 spiro atoms. The molecule has 0 N–H and O–H groups in total. The molecule has 0 saturated carbocycles. The van der Waals surface area contributed by atoms with Crippen LogP contribution in [0.4, 0.5) is 4.39 Å². The number of rotatable bonds is 2. The molecule has 1 unspecified atom stereocenters. The zero-order valence-electron chi connectivity index (χ0n) is 9.23. The predicted octanol–water partition coefficient (Wildman–Crippen LogP) is 6.88. The van der Waals surface area contributed by atoms with Crippen LogP contribution >= 0.6 is 62.3 Å². The average molecular weight is 403 g/mol. The van der Waals surface area contributed by atoms with Gasteiger partial charge < -0.3 is 0 Å². The number of halogens is 6. The lowest BCUT2D eigenvalue weighted by Gasteiger charge is -2.15. The summed E-state index contributed by atoms with van der Waals surface area (Å²) >= 11 is 27.5. The Morgan fingerprint density at radius 2 is 1.58 bits per heavy atom. The minimum absolute atomic E-state index is 0.227. The standard InChI is InChI=1S/C13H6BrCl4F/c14-7-5-11(19)6(4-10(7)17)13(18)12-8(15)2-1-3-9(12)16/h1-5,13H. The Balaban J connectivity index is 2.56. The van der Waals surface area contributed by atoms with Crippen molar-refractivity contribution in [2.24, 2.45) is 0 Å². The van der Waals surface area contributed by atoms with Gasteiger partial charge in [0.05, 0.1) is 10.4 Å². The van der Waals surface area contributed by atoms with E-state index in [9.17, 15) is 4.39 Å². The summed E-state index contributed by atoms with van der Waals surface area (Å²) in [6, 6.07) is 7.71. The molecule has 0 bridgehead atoms. The van der Waals surface area contributed by atoms with Crippen LogP contribution in [-0.4, -0.2) is 0 Å². The molecule has 0 aliphatic heterocycles. The zero-order chi connectivity index (χ0) is 14.2. The summed E-state index contributed by atoms with van der Waals surface area (Å²) in [5.74, 6) is -0.479. The number of hydrogen-bond donors (Lipinski definition) is 0. The fraction of sp³-hybridized carbons (Fsp3) is 0.0769. The predicted molar refractivity (Wildman–Crippen MR) is 83.3 cm³/mol. The summed E-state index contributed by atoms with van der Waals surface area (Å²) in [4.78, 5) is 0. The highest BCUT2D eigenvalue weighted by atomic mass is 79.9. The molecule has 0 radical (unpaired) electrons. The molecule has 2 rings (SSSR count). The Hall–Kier alpha value is 0.01000. The van der Waals surface area contributed by atoms with Gasteiger partial charge >= 0.3 is 0 Å². The SMILES string of the molecule is Fc1cc(Br)c(Cl)cc1C(Cl)c1c(Cl)cccc1Cl. The Morgan fingerprint density at radius 3 is 2.16 bits per heavy atom. The third-order valence-corrected chi connectivity index (χ3v) is 4.88. The summed E-state index contributed by atoms with van der Waals surface area (Å²) in [6.07, 6.45) is 0. The molecule has 6 heteroatoms. The second kappa shape index (κ2) is 6.19. The quantitative estimate of drug-likeness (QED) is 0.379. The molecule has 2 aromatic rings. The molecule has 19 heavy (non-hydrogen) atoms. The third kappa shape index (κ3) is 3.20. The molecule has 0 aromatic heterocycles. The fourth-order valence-corrected chi connectivity index (χ4v) is 3.26. The van der Waals surface area contributed by atoms with Crippen LogP contribution in [-0.2, 0) is 0 Å². The van der Waals surface area contributed by atoms with Crippen LogP contribution in [0.25, 0.3) is 0 Å².